The second-order valence-electron chi connectivity index (χ2n) is 7.06. The zero-order chi connectivity index (χ0) is 15.9. The summed E-state index contributed by atoms with van der Waals surface area (Å²) >= 11 is 0. The first-order valence-corrected chi connectivity index (χ1v) is 9.63. The summed E-state index contributed by atoms with van der Waals surface area (Å²) in [6.45, 7) is 20.7. The Balaban J connectivity index is 1.55. The molecule has 0 aromatic heterocycles. The number of rotatable bonds is 9. The van der Waals surface area contributed by atoms with Crippen molar-refractivity contribution in [3.63, 3.8) is 0 Å². The molecule has 2 saturated heterocycles. The van der Waals surface area contributed by atoms with Gasteiger partial charge >= 0.3 is 14.0 Å². The zero-order valence-corrected chi connectivity index (χ0v) is 15.4. The normalized spacial score (nSPS) is 22.4. The molecule has 0 atom stereocenters. The number of likely N-dealkylation sites (N-methyl/N-ethyl adjacent to an activating group) is 1. The minimum Gasteiger partial charge on any atom is -0.327 e. The Labute approximate surface area is 139 Å². The molecule has 0 radical (unpaired) electrons. The Kier molecular flexibility index (Phi) is 7.75. The summed E-state index contributed by atoms with van der Waals surface area (Å²) in [5.74, 6) is 0. The predicted octanol–water partition coefficient (Wildman–Crippen LogP) is 2.06. The highest BCUT2D eigenvalue weighted by atomic mass is 15.3. The Morgan fingerprint density at radius 3 is 1.55 bits per heavy atom. The summed E-state index contributed by atoms with van der Waals surface area (Å²) in [5.41, 5.74) is 0. The van der Waals surface area contributed by atoms with Crippen LogP contribution in [0.2, 0.25) is 13.6 Å². The molecule has 2 aliphatic rings. The smallest absolute Gasteiger partial charge is 0.307 e. The third-order valence-electron chi connectivity index (χ3n) is 5.77. The van der Waals surface area contributed by atoms with Crippen LogP contribution < -0.4 is 0 Å². The van der Waals surface area contributed by atoms with Crippen molar-refractivity contribution in [2.45, 2.75) is 53.2 Å². The van der Waals surface area contributed by atoms with Crippen LogP contribution in [0.4, 0.5) is 0 Å². The van der Waals surface area contributed by atoms with Gasteiger partial charge in [0, 0.05) is 26.2 Å². The van der Waals surface area contributed by atoms with Crippen molar-refractivity contribution in [2.24, 2.45) is 0 Å². The summed E-state index contributed by atoms with van der Waals surface area (Å²) in [6.07, 6.45) is 5.39. The second kappa shape index (κ2) is 9.31. The van der Waals surface area contributed by atoms with Crippen molar-refractivity contribution < 1.29 is 0 Å². The Morgan fingerprint density at radius 1 is 0.636 bits per heavy atom. The quantitative estimate of drug-likeness (QED) is 0.477. The van der Waals surface area contributed by atoms with Gasteiger partial charge in [-0.3, -0.25) is 0 Å². The van der Waals surface area contributed by atoms with Crippen LogP contribution in [-0.2, 0) is 0 Å². The third-order valence-corrected chi connectivity index (χ3v) is 5.77. The van der Waals surface area contributed by atoms with Gasteiger partial charge in [0.1, 0.15) is 0 Å². The summed E-state index contributed by atoms with van der Waals surface area (Å²) < 4.78 is 0. The highest BCUT2D eigenvalue weighted by Crippen LogP contribution is 2.14. The molecule has 0 aliphatic carbocycles. The van der Waals surface area contributed by atoms with Crippen LogP contribution >= 0.6 is 0 Å². The lowest BCUT2D eigenvalue weighted by atomic mass is 9.76. The molecular formula is C16H36B2N4. The molecule has 4 nitrogen and oxygen atoms in total. The highest BCUT2D eigenvalue weighted by molar-refractivity contribution is 6.52. The van der Waals surface area contributed by atoms with Gasteiger partial charge in [0.15, 0.2) is 0 Å². The molecule has 2 rings (SSSR count). The van der Waals surface area contributed by atoms with Gasteiger partial charge < -0.3 is 19.2 Å². The average Bonchev–Trinajstić information content (AvgIpc) is 3.04. The van der Waals surface area contributed by atoms with Crippen molar-refractivity contribution >= 4 is 14.0 Å². The predicted molar refractivity (Wildman–Crippen MR) is 99.3 cm³/mol. The minimum atomic E-state index is 0.659. The molecule has 6 heteroatoms. The van der Waals surface area contributed by atoms with Crippen LogP contribution in [0.1, 0.15) is 39.5 Å². The topological polar surface area (TPSA) is 13.0 Å². The fourth-order valence-electron chi connectivity index (χ4n) is 4.14. The first-order chi connectivity index (χ1) is 10.7. The van der Waals surface area contributed by atoms with E-state index in [2.05, 4.69) is 46.7 Å². The highest BCUT2D eigenvalue weighted by Gasteiger charge is 2.31. The van der Waals surface area contributed by atoms with Crippen molar-refractivity contribution in [2.75, 3.05) is 52.4 Å². The van der Waals surface area contributed by atoms with Crippen molar-refractivity contribution in [3.05, 3.63) is 0 Å². The maximum atomic E-state index is 2.67. The van der Waals surface area contributed by atoms with E-state index < -0.39 is 0 Å². The lowest BCUT2D eigenvalue weighted by molar-refractivity contribution is 0.418. The van der Waals surface area contributed by atoms with Gasteiger partial charge in [-0.1, -0.05) is 33.9 Å². The van der Waals surface area contributed by atoms with E-state index in [4.69, 9.17) is 0 Å². The van der Waals surface area contributed by atoms with Gasteiger partial charge in [-0.25, -0.2) is 0 Å². The maximum Gasteiger partial charge on any atom is 0.307 e. The van der Waals surface area contributed by atoms with Gasteiger partial charge in [-0.05, 0) is 45.4 Å². The summed E-state index contributed by atoms with van der Waals surface area (Å²) in [7, 11) is 0. The molecule has 0 saturated carbocycles. The Morgan fingerprint density at radius 2 is 1.09 bits per heavy atom. The lowest BCUT2D eigenvalue weighted by Gasteiger charge is -2.24. The van der Waals surface area contributed by atoms with Crippen LogP contribution in [0.5, 0.6) is 0 Å². The number of hydrogen-bond donors (Lipinski definition) is 0. The standard InChI is InChI=1S/C16H36B2N4/c1-5-10-20-15-16-22(18(20)4)12-9-7-8-11-21-14-13-19(6-2)17(21)3/h5-16H2,1-4H3. The molecule has 0 aromatic rings. The summed E-state index contributed by atoms with van der Waals surface area (Å²) in [4.78, 5) is 10.5. The van der Waals surface area contributed by atoms with Crippen molar-refractivity contribution in [1.29, 1.82) is 0 Å². The van der Waals surface area contributed by atoms with E-state index in [1.165, 1.54) is 78.0 Å². The van der Waals surface area contributed by atoms with Gasteiger partial charge in [-0.2, -0.15) is 0 Å². The molecule has 2 fully saturated rings. The fourth-order valence-corrected chi connectivity index (χ4v) is 4.14. The number of hydrogen-bond acceptors (Lipinski definition) is 4. The largest absolute Gasteiger partial charge is 0.327 e. The summed E-state index contributed by atoms with van der Waals surface area (Å²) in [5, 5.41) is 0. The molecule has 0 spiro atoms. The first-order valence-electron chi connectivity index (χ1n) is 9.63. The van der Waals surface area contributed by atoms with E-state index >= 15 is 0 Å². The van der Waals surface area contributed by atoms with Crippen LogP contribution in [-0.4, -0.2) is 85.6 Å². The van der Waals surface area contributed by atoms with Crippen molar-refractivity contribution in [3.8, 4) is 0 Å². The molecule has 126 valence electrons. The second-order valence-corrected chi connectivity index (χ2v) is 7.06. The van der Waals surface area contributed by atoms with Gasteiger partial charge in [0.05, 0.1) is 0 Å². The number of unbranched alkanes of at least 4 members (excludes halogenated alkanes) is 2. The van der Waals surface area contributed by atoms with E-state index in [0.29, 0.717) is 14.0 Å². The molecule has 0 N–H and O–H groups in total. The zero-order valence-electron chi connectivity index (χ0n) is 15.4. The van der Waals surface area contributed by atoms with Gasteiger partial charge in [-0.15, -0.1) is 0 Å². The lowest BCUT2D eigenvalue weighted by Crippen LogP contribution is -2.42. The van der Waals surface area contributed by atoms with Crippen molar-refractivity contribution in [1.82, 2.24) is 19.2 Å². The van der Waals surface area contributed by atoms with E-state index in [9.17, 15) is 0 Å². The van der Waals surface area contributed by atoms with Crippen LogP contribution in [0.25, 0.3) is 0 Å². The van der Waals surface area contributed by atoms with Gasteiger partial charge in [0.2, 0.25) is 0 Å². The molecule has 0 aromatic carbocycles. The fraction of sp³-hybridized carbons (Fsp3) is 1.00. The Bertz CT molecular complexity index is 319. The molecule has 0 amide bonds. The minimum absolute atomic E-state index is 0.659. The summed E-state index contributed by atoms with van der Waals surface area (Å²) in [6, 6.07) is 0. The van der Waals surface area contributed by atoms with Crippen LogP contribution in [0.15, 0.2) is 0 Å². The first kappa shape index (κ1) is 18.3. The molecule has 2 heterocycles. The molecule has 0 unspecified atom stereocenters. The average molecular weight is 306 g/mol. The van der Waals surface area contributed by atoms with Crippen LogP contribution in [0.3, 0.4) is 0 Å². The molecule has 22 heavy (non-hydrogen) atoms. The van der Waals surface area contributed by atoms with Crippen LogP contribution in [0, 0.1) is 0 Å². The number of nitrogens with zero attached hydrogens (tertiary/aromatic N) is 4. The Hall–Kier alpha value is -0.0301. The maximum absolute atomic E-state index is 2.67. The molecular weight excluding hydrogens is 270 g/mol. The molecule has 0 bridgehead atoms. The van der Waals surface area contributed by atoms with Gasteiger partial charge in [0.25, 0.3) is 0 Å². The van der Waals surface area contributed by atoms with E-state index in [0.717, 1.165) is 0 Å². The molecule has 2 aliphatic heterocycles. The monoisotopic (exact) mass is 306 g/mol. The SMILES string of the molecule is CCCN1CCN(CCCCCN2CCN(CC)B2C)B1C. The van der Waals surface area contributed by atoms with E-state index in [1.54, 1.807) is 0 Å². The third kappa shape index (κ3) is 4.73. The van der Waals surface area contributed by atoms with E-state index in [-0.39, 0.29) is 0 Å². The van der Waals surface area contributed by atoms with E-state index in [1.807, 2.05) is 0 Å².